The zero-order valence-electron chi connectivity index (χ0n) is 11.7. The average molecular weight is 280 g/mol. The molecule has 4 N–H and O–H groups in total. The van der Waals surface area contributed by atoms with Gasteiger partial charge in [0.15, 0.2) is 0 Å². The van der Waals surface area contributed by atoms with E-state index in [1.807, 2.05) is 25.1 Å². The molecule has 0 saturated carbocycles. The van der Waals surface area contributed by atoms with Crippen molar-refractivity contribution in [2.75, 3.05) is 10.7 Å². The smallest absolute Gasteiger partial charge is 0.257 e. The first-order valence-electron chi connectivity index (χ1n) is 6.48. The third kappa shape index (κ3) is 3.59. The van der Waals surface area contributed by atoms with Crippen molar-refractivity contribution in [1.29, 1.82) is 5.26 Å². The van der Waals surface area contributed by atoms with E-state index < -0.39 is 0 Å². The first kappa shape index (κ1) is 14.6. The Morgan fingerprint density at radius 2 is 1.95 bits per heavy atom. The SMILES string of the molecule is Cc1ccc(NN)c(C(=O)Nc2ccc(CC#N)cc2)c1. The van der Waals surface area contributed by atoms with Gasteiger partial charge in [-0.1, -0.05) is 23.8 Å². The van der Waals surface area contributed by atoms with E-state index in [4.69, 9.17) is 11.1 Å². The van der Waals surface area contributed by atoms with Crippen molar-refractivity contribution in [3.63, 3.8) is 0 Å². The topological polar surface area (TPSA) is 90.9 Å². The highest BCUT2D eigenvalue weighted by Crippen LogP contribution is 2.18. The molecule has 21 heavy (non-hydrogen) atoms. The average Bonchev–Trinajstić information content (AvgIpc) is 2.49. The highest BCUT2D eigenvalue weighted by molar-refractivity contribution is 6.08. The van der Waals surface area contributed by atoms with Crippen LogP contribution < -0.4 is 16.6 Å². The van der Waals surface area contributed by atoms with Gasteiger partial charge in [0.2, 0.25) is 0 Å². The summed E-state index contributed by atoms with van der Waals surface area (Å²) in [5, 5.41) is 11.4. The minimum atomic E-state index is -0.236. The van der Waals surface area contributed by atoms with E-state index in [1.54, 1.807) is 24.3 Å². The van der Waals surface area contributed by atoms with Crippen LogP contribution >= 0.6 is 0 Å². The highest BCUT2D eigenvalue weighted by Gasteiger charge is 2.11. The van der Waals surface area contributed by atoms with E-state index in [0.29, 0.717) is 23.4 Å². The van der Waals surface area contributed by atoms with Crippen LogP contribution in [0.15, 0.2) is 42.5 Å². The molecule has 0 atom stereocenters. The molecule has 5 heteroatoms. The molecule has 106 valence electrons. The van der Waals surface area contributed by atoms with Gasteiger partial charge in [0.05, 0.1) is 23.7 Å². The number of rotatable bonds is 4. The summed E-state index contributed by atoms with van der Waals surface area (Å²) in [5.41, 5.74) is 6.13. The molecule has 0 radical (unpaired) electrons. The number of hydrogen-bond acceptors (Lipinski definition) is 4. The zero-order chi connectivity index (χ0) is 15.2. The molecule has 0 bridgehead atoms. The second kappa shape index (κ2) is 6.55. The number of benzene rings is 2. The molecule has 0 aromatic heterocycles. The Bertz CT molecular complexity index is 686. The van der Waals surface area contributed by atoms with Crippen LogP contribution in [0.2, 0.25) is 0 Å². The van der Waals surface area contributed by atoms with E-state index in [0.717, 1.165) is 11.1 Å². The molecule has 0 aliphatic carbocycles. The summed E-state index contributed by atoms with van der Waals surface area (Å²) in [6.07, 6.45) is 0.355. The lowest BCUT2D eigenvalue weighted by Crippen LogP contribution is -2.17. The molecule has 0 aliphatic heterocycles. The number of anilines is 2. The monoisotopic (exact) mass is 280 g/mol. The minimum Gasteiger partial charge on any atom is -0.323 e. The Balaban J connectivity index is 2.18. The molecular formula is C16H16N4O. The van der Waals surface area contributed by atoms with Crippen LogP contribution in [0.5, 0.6) is 0 Å². The summed E-state index contributed by atoms with van der Waals surface area (Å²) < 4.78 is 0. The fourth-order valence-corrected chi connectivity index (χ4v) is 1.97. The van der Waals surface area contributed by atoms with Crippen molar-refractivity contribution in [2.24, 2.45) is 5.84 Å². The molecule has 0 unspecified atom stereocenters. The van der Waals surface area contributed by atoms with Gasteiger partial charge in [-0.2, -0.15) is 5.26 Å². The number of nitrogens with zero attached hydrogens (tertiary/aromatic N) is 1. The van der Waals surface area contributed by atoms with Gasteiger partial charge in [-0.25, -0.2) is 0 Å². The maximum absolute atomic E-state index is 12.3. The number of hydrogen-bond donors (Lipinski definition) is 3. The molecule has 2 aromatic carbocycles. The predicted octanol–water partition coefficient (Wildman–Crippen LogP) is 2.60. The fourth-order valence-electron chi connectivity index (χ4n) is 1.97. The predicted molar refractivity (Wildman–Crippen MR) is 82.7 cm³/mol. The van der Waals surface area contributed by atoms with Crippen molar-refractivity contribution in [3.8, 4) is 6.07 Å². The first-order valence-corrected chi connectivity index (χ1v) is 6.48. The molecular weight excluding hydrogens is 264 g/mol. The van der Waals surface area contributed by atoms with Gasteiger partial charge in [-0.3, -0.25) is 10.6 Å². The van der Waals surface area contributed by atoms with Gasteiger partial charge in [-0.15, -0.1) is 0 Å². The summed E-state index contributed by atoms with van der Waals surface area (Å²) in [5.74, 6) is 5.19. The van der Waals surface area contributed by atoms with Gasteiger partial charge >= 0.3 is 0 Å². The maximum Gasteiger partial charge on any atom is 0.257 e. The number of nitrogen functional groups attached to an aromatic ring is 1. The Morgan fingerprint density at radius 3 is 2.57 bits per heavy atom. The molecule has 0 saturated heterocycles. The second-order valence-electron chi connectivity index (χ2n) is 4.68. The standard InChI is InChI=1S/C16H16N4O/c1-11-2-7-15(20-18)14(10-11)16(21)19-13-5-3-12(4-6-13)8-9-17/h2-7,10,20H,8,18H2,1H3,(H,19,21). The van der Waals surface area contributed by atoms with Gasteiger partial charge in [0.25, 0.3) is 5.91 Å². The number of amides is 1. The Kier molecular flexibility index (Phi) is 4.54. The lowest BCUT2D eigenvalue weighted by atomic mass is 10.1. The number of nitriles is 1. The molecule has 0 heterocycles. The summed E-state index contributed by atoms with van der Waals surface area (Å²) >= 11 is 0. The van der Waals surface area contributed by atoms with E-state index in [1.165, 1.54) is 0 Å². The van der Waals surface area contributed by atoms with Crippen LogP contribution in [0.25, 0.3) is 0 Å². The number of nitrogens with two attached hydrogens (primary N) is 1. The van der Waals surface area contributed by atoms with Gasteiger partial charge in [0, 0.05) is 5.69 Å². The maximum atomic E-state index is 12.3. The van der Waals surface area contributed by atoms with E-state index in [-0.39, 0.29) is 5.91 Å². The Labute approximate surface area is 123 Å². The van der Waals surface area contributed by atoms with Crippen LogP contribution in [-0.2, 0) is 6.42 Å². The van der Waals surface area contributed by atoms with Crippen molar-refractivity contribution in [3.05, 3.63) is 59.2 Å². The van der Waals surface area contributed by atoms with Crippen molar-refractivity contribution >= 4 is 17.3 Å². The number of aryl methyl sites for hydroxylation is 1. The van der Waals surface area contributed by atoms with Crippen LogP contribution in [0.1, 0.15) is 21.5 Å². The summed E-state index contributed by atoms with van der Waals surface area (Å²) in [4.78, 5) is 12.3. The van der Waals surface area contributed by atoms with Gasteiger partial charge < -0.3 is 10.7 Å². The quantitative estimate of drug-likeness (QED) is 0.593. The van der Waals surface area contributed by atoms with Crippen LogP contribution in [0.4, 0.5) is 11.4 Å². The third-order valence-corrected chi connectivity index (χ3v) is 3.07. The number of carbonyl (C=O) groups is 1. The van der Waals surface area contributed by atoms with E-state index in [9.17, 15) is 4.79 Å². The van der Waals surface area contributed by atoms with Crippen molar-refractivity contribution in [2.45, 2.75) is 13.3 Å². The van der Waals surface area contributed by atoms with Crippen LogP contribution in [0.3, 0.4) is 0 Å². The van der Waals surface area contributed by atoms with Gasteiger partial charge in [0.1, 0.15) is 0 Å². The molecule has 0 fully saturated rings. The summed E-state index contributed by atoms with van der Waals surface area (Å²) in [6.45, 7) is 1.91. The lowest BCUT2D eigenvalue weighted by Gasteiger charge is -2.11. The molecule has 2 rings (SSSR count). The minimum absolute atomic E-state index is 0.236. The normalized spacial score (nSPS) is 9.76. The molecule has 1 amide bonds. The number of carbonyl (C=O) groups excluding carboxylic acids is 1. The van der Waals surface area contributed by atoms with Gasteiger partial charge in [-0.05, 0) is 36.8 Å². The number of nitrogens with one attached hydrogen (secondary N) is 2. The van der Waals surface area contributed by atoms with Crippen LogP contribution in [0, 0.1) is 18.3 Å². The lowest BCUT2D eigenvalue weighted by molar-refractivity contribution is 0.102. The molecule has 0 spiro atoms. The third-order valence-electron chi connectivity index (χ3n) is 3.07. The van der Waals surface area contributed by atoms with Crippen molar-refractivity contribution in [1.82, 2.24) is 0 Å². The second-order valence-corrected chi connectivity index (χ2v) is 4.68. The Hall–Kier alpha value is -2.84. The fraction of sp³-hybridized carbons (Fsp3) is 0.125. The van der Waals surface area contributed by atoms with E-state index >= 15 is 0 Å². The van der Waals surface area contributed by atoms with Crippen LogP contribution in [-0.4, -0.2) is 5.91 Å². The largest absolute Gasteiger partial charge is 0.323 e. The van der Waals surface area contributed by atoms with Crippen molar-refractivity contribution < 1.29 is 4.79 Å². The Morgan fingerprint density at radius 1 is 1.24 bits per heavy atom. The molecule has 2 aromatic rings. The molecule has 5 nitrogen and oxygen atoms in total. The highest BCUT2D eigenvalue weighted by atomic mass is 16.1. The molecule has 0 aliphatic rings. The number of hydrazine groups is 1. The first-order chi connectivity index (χ1) is 10.1. The summed E-state index contributed by atoms with van der Waals surface area (Å²) in [6, 6.07) is 14.7. The van der Waals surface area contributed by atoms with E-state index in [2.05, 4.69) is 16.8 Å². The zero-order valence-corrected chi connectivity index (χ0v) is 11.7. The summed E-state index contributed by atoms with van der Waals surface area (Å²) in [7, 11) is 0.